The van der Waals surface area contributed by atoms with Crippen LogP contribution < -0.4 is 0 Å². The first kappa shape index (κ1) is 11.0. The highest BCUT2D eigenvalue weighted by atomic mass is 16.5. The van der Waals surface area contributed by atoms with Crippen molar-refractivity contribution < 1.29 is 9.47 Å². The predicted octanol–water partition coefficient (Wildman–Crippen LogP) is 2.47. The zero-order valence-corrected chi connectivity index (χ0v) is 9.25. The van der Waals surface area contributed by atoms with Gasteiger partial charge < -0.3 is 9.47 Å². The topological polar surface area (TPSA) is 18.5 Å². The van der Waals surface area contributed by atoms with Crippen molar-refractivity contribution in [3.63, 3.8) is 0 Å². The molecule has 0 amide bonds. The smallest absolute Gasteiger partial charge is 0.0835 e. The SMILES string of the molecule is COC1CC[C@@H](C(C)C)C[C@H]1OC. The van der Waals surface area contributed by atoms with Crippen LogP contribution >= 0.6 is 0 Å². The van der Waals surface area contributed by atoms with E-state index in [1.807, 2.05) is 0 Å². The maximum Gasteiger partial charge on any atom is 0.0835 e. The van der Waals surface area contributed by atoms with Crippen LogP contribution in [0.2, 0.25) is 0 Å². The Morgan fingerprint density at radius 1 is 1.00 bits per heavy atom. The summed E-state index contributed by atoms with van der Waals surface area (Å²) in [5.74, 6) is 1.59. The predicted molar refractivity (Wildman–Crippen MR) is 53.8 cm³/mol. The minimum atomic E-state index is 0.311. The third kappa shape index (κ3) is 2.68. The van der Waals surface area contributed by atoms with Gasteiger partial charge in [0.15, 0.2) is 0 Å². The molecule has 2 nitrogen and oxygen atoms in total. The van der Waals surface area contributed by atoms with Crippen LogP contribution in [0.4, 0.5) is 0 Å². The van der Waals surface area contributed by atoms with Gasteiger partial charge in [-0.2, -0.15) is 0 Å². The lowest BCUT2D eigenvalue weighted by Crippen LogP contribution is -2.37. The molecule has 1 aliphatic rings. The highest BCUT2D eigenvalue weighted by Crippen LogP contribution is 2.32. The van der Waals surface area contributed by atoms with Gasteiger partial charge in [-0.05, 0) is 31.1 Å². The standard InChI is InChI=1S/C11H22O2/c1-8(2)9-5-6-10(12-3)11(7-9)13-4/h8-11H,5-7H2,1-4H3/t9-,10?,11-/m1/s1. The zero-order chi connectivity index (χ0) is 9.84. The van der Waals surface area contributed by atoms with Gasteiger partial charge in [-0.3, -0.25) is 0 Å². The lowest BCUT2D eigenvalue weighted by Gasteiger charge is -2.36. The summed E-state index contributed by atoms with van der Waals surface area (Å²) in [4.78, 5) is 0. The lowest BCUT2D eigenvalue weighted by atomic mass is 9.79. The van der Waals surface area contributed by atoms with Gasteiger partial charge in [0.1, 0.15) is 0 Å². The highest BCUT2D eigenvalue weighted by Gasteiger charge is 2.31. The molecule has 78 valence electrons. The van der Waals surface area contributed by atoms with Gasteiger partial charge in [-0.1, -0.05) is 13.8 Å². The second kappa shape index (κ2) is 4.97. The molecule has 0 aromatic carbocycles. The van der Waals surface area contributed by atoms with Crippen LogP contribution in [-0.4, -0.2) is 26.4 Å². The first-order chi connectivity index (χ1) is 6.19. The number of hydrogen-bond acceptors (Lipinski definition) is 2. The summed E-state index contributed by atoms with van der Waals surface area (Å²) in [6, 6.07) is 0. The van der Waals surface area contributed by atoms with E-state index in [9.17, 15) is 0 Å². The molecule has 1 unspecified atom stereocenters. The van der Waals surface area contributed by atoms with Gasteiger partial charge in [0, 0.05) is 14.2 Å². The van der Waals surface area contributed by atoms with E-state index in [4.69, 9.17) is 9.47 Å². The average molecular weight is 186 g/mol. The Labute approximate surface area is 81.6 Å². The van der Waals surface area contributed by atoms with Crippen LogP contribution in [-0.2, 0) is 9.47 Å². The normalized spacial score (nSPS) is 35.3. The molecule has 0 N–H and O–H groups in total. The van der Waals surface area contributed by atoms with E-state index >= 15 is 0 Å². The molecule has 2 heteroatoms. The molecule has 0 aliphatic heterocycles. The van der Waals surface area contributed by atoms with Crippen LogP contribution in [0.15, 0.2) is 0 Å². The summed E-state index contributed by atoms with van der Waals surface area (Å²) in [6.45, 7) is 4.59. The van der Waals surface area contributed by atoms with E-state index < -0.39 is 0 Å². The minimum absolute atomic E-state index is 0.311. The van der Waals surface area contributed by atoms with Gasteiger partial charge >= 0.3 is 0 Å². The van der Waals surface area contributed by atoms with Crippen molar-refractivity contribution >= 4 is 0 Å². The molecule has 0 radical (unpaired) electrons. The van der Waals surface area contributed by atoms with Crippen molar-refractivity contribution in [2.24, 2.45) is 11.8 Å². The molecule has 1 fully saturated rings. The Morgan fingerprint density at radius 2 is 1.62 bits per heavy atom. The minimum Gasteiger partial charge on any atom is -0.379 e. The number of ether oxygens (including phenoxy) is 2. The first-order valence-corrected chi connectivity index (χ1v) is 5.24. The Balaban J connectivity index is 2.47. The maximum absolute atomic E-state index is 5.45. The molecule has 0 heterocycles. The van der Waals surface area contributed by atoms with Crippen LogP contribution in [0.5, 0.6) is 0 Å². The molecule has 1 rings (SSSR count). The summed E-state index contributed by atoms with van der Waals surface area (Å²) in [5, 5.41) is 0. The van der Waals surface area contributed by atoms with Crippen LogP contribution in [0.25, 0.3) is 0 Å². The fraction of sp³-hybridized carbons (Fsp3) is 1.00. The molecular formula is C11H22O2. The van der Waals surface area contributed by atoms with Gasteiger partial charge in [-0.15, -0.1) is 0 Å². The van der Waals surface area contributed by atoms with Gasteiger partial charge in [0.05, 0.1) is 12.2 Å². The van der Waals surface area contributed by atoms with E-state index in [2.05, 4.69) is 13.8 Å². The van der Waals surface area contributed by atoms with E-state index in [-0.39, 0.29) is 0 Å². The summed E-state index contributed by atoms with van der Waals surface area (Å²) >= 11 is 0. The van der Waals surface area contributed by atoms with Crippen LogP contribution in [0, 0.1) is 11.8 Å². The molecule has 0 aromatic heterocycles. The first-order valence-electron chi connectivity index (χ1n) is 5.24. The van der Waals surface area contributed by atoms with Crippen LogP contribution in [0.3, 0.4) is 0 Å². The maximum atomic E-state index is 5.45. The van der Waals surface area contributed by atoms with E-state index in [0.717, 1.165) is 24.7 Å². The molecule has 0 spiro atoms. The quantitative estimate of drug-likeness (QED) is 0.674. The third-order valence-electron chi connectivity index (χ3n) is 3.32. The van der Waals surface area contributed by atoms with E-state index in [1.165, 1.54) is 6.42 Å². The number of hydrogen-bond donors (Lipinski definition) is 0. The fourth-order valence-corrected chi connectivity index (χ4v) is 2.26. The van der Waals surface area contributed by atoms with Gasteiger partial charge in [0.25, 0.3) is 0 Å². The Morgan fingerprint density at radius 3 is 2.08 bits per heavy atom. The highest BCUT2D eigenvalue weighted by molar-refractivity contribution is 4.82. The fourth-order valence-electron chi connectivity index (χ4n) is 2.26. The Kier molecular flexibility index (Phi) is 4.20. The molecule has 0 saturated heterocycles. The summed E-state index contributed by atoms with van der Waals surface area (Å²) in [6.07, 6.45) is 4.23. The van der Waals surface area contributed by atoms with Crippen molar-refractivity contribution in [3.05, 3.63) is 0 Å². The van der Waals surface area contributed by atoms with Crippen molar-refractivity contribution in [2.75, 3.05) is 14.2 Å². The third-order valence-corrected chi connectivity index (χ3v) is 3.32. The average Bonchev–Trinajstić information content (AvgIpc) is 2.16. The Bertz CT molecular complexity index is 145. The molecule has 1 aliphatic carbocycles. The molecule has 13 heavy (non-hydrogen) atoms. The second-order valence-corrected chi connectivity index (χ2v) is 4.37. The Hall–Kier alpha value is -0.0800. The lowest BCUT2D eigenvalue weighted by molar-refractivity contribution is -0.0750. The van der Waals surface area contributed by atoms with Gasteiger partial charge in [-0.25, -0.2) is 0 Å². The van der Waals surface area contributed by atoms with Gasteiger partial charge in [0.2, 0.25) is 0 Å². The molecule has 1 saturated carbocycles. The van der Waals surface area contributed by atoms with E-state index in [1.54, 1.807) is 14.2 Å². The monoisotopic (exact) mass is 186 g/mol. The largest absolute Gasteiger partial charge is 0.379 e. The molecular weight excluding hydrogens is 164 g/mol. The zero-order valence-electron chi connectivity index (χ0n) is 9.25. The van der Waals surface area contributed by atoms with Crippen LogP contribution in [0.1, 0.15) is 33.1 Å². The molecule has 0 aromatic rings. The molecule has 3 atom stereocenters. The van der Waals surface area contributed by atoms with Crippen molar-refractivity contribution in [2.45, 2.75) is 45.3 Å². The van der Waals surface area contributed by atoms with Crippen molar-refractivity contribution in [1.82, 2.24) is 0 Å². The summed E-state index contributed by atoms with van der Waals surface area (Å²) in [7, 11) is 3.58. The summed E-state index contributed by atoms with van der Waals surface area (Å²) in [5.41, 5.74) is 0. The van der Waals surface area contributed by atoms with E-state index in [0.29, 0.717) is 12.2 Å². The summed E-state index contributed by atoms with van der Waals surface area (Å²) < 4.78 is 10.8. The van der Waals surface area contributed by atoms with Crippen molar-refractivity contribution in [1.29, 1.82) is 0 Å². The molecule has 0 bridgehead atoms. The van der Waals surface area contributed by atoms with Crippen molar-refractivity contribution in [3.8, 4) is 0 Å². The number of methoxy groups -OCH3 is 2. The second-order valence-electron chi connectivity index (χ2n) is 4.37. The number of rotatable bonds is 3.